The SMILES string of the molecule is [2H]C([2H])(c1ncn(C)n1)n1c(=O)nc(SCC)n(Cc2cc(F)c(F)cc2F)c1=O. The van der Waals surface area contributed by atoms with E-state index in [1.807, 2.05) is 0 Å². The quantitative estimate of drug-likeness (QED) is 0.444. The van der Waals surface area contributed by atoms with E-state index in [-0.39, 0.29) is 15.3 Å². The normalized spacial score (nSPS) is 12.8. The van der Waals surface area contributed by atoms with Crippen LogP contribution in [0.4, 0.5) is 13.2 Å². The third-order valence-corrected chi connectivity index (χ3v) is 4.40. The van der Waals surface area contributed by atoms with Crippen LogP contribution in [0.1, 0.15) is 21.1 Å². The highest BCUT2D eigenvalue weighted by atomic mass is 32.2. The van der Waals surface area contributed by atoms with E-state index < -0.39 is 47.7 Å². The summed E-state index contributed by atoms with van der Waals surface area (Å²) in [6, 6.07) is 0.921. The van der Waals surface area contributed by atoms with Crippen LogP contribution >= 0.6 is 11.8 Å². The fraction of sp³-hybridized carbons (Fsp3) is 0.312. The Labute approximate surface area is 163 Å². The van der Waals surface area contributed by atoms with E-state index in [1.165, 1.54) is 18.1 Å². The second-order valence-corrected chi connectivity index (χ2v) is 6.76. The van der Waals surface area contributed by atoms with Crippen molar-refractivity contribution in [2.24, 2.45) is 7.05 Å². The zero-order valence-electron chi connectivity index (χ0n) is 16.7. The second-order valence-electron chi connectivity index (χ2n) is 5.53. The molecule has 3 aromatic rings. The average Bonchev–Trinajstić information content (AvgIpc) is 3.09. The lowest BCUT2D eigenvalue weighted by atomic mass is 10.2. The molecular weight excluding hydrogens is 397 g/mol. The van der Waals surface area contributed by atoms with Crippen molar-refractivity contribution in [3.8, 4) is 0 Å². The number of halogens is 3. The van der Waals surface area contributed by atoms with Gasteiger partial charge in [0, 0.05) is 18.7 Å². The number of nitrogens with zero attached hydrogens (tertiary/aromatic N) is 6. The van der Waals surface area contributed by atoms with E-state index in [0.29, 0.717) is 17.9 Å². The predicted octanol–water partition coefficient (Wildman–Crippen LogP) is 1.16. The number of hydrogen-bond donors (Lipinski definition) is 0. The maximum absolute atomic E-state index is 14.1. The minimum Gasteiger partial charge on any atom is -0.268 e. The molecule has 0 amide bonds. The zero-order valence-corrected chi connectivity index (χ0v) is 15.5. The summed E-state index contributed by atoms with van der Waals surface area (Å²) in [6.07, 6.45) is 1.18. The van der Waals surface area contributed by atoms with Crippen LogP contribution < -0.4 is 11.4 Å². The lowest BCUT2D eigenvalue weighted by molar-refractivity contribution is 0.476. The third kappa shape index (κ3) is 4.01. The molecule has 28 heavy (non-hydrogen) atoms. The van der Waals surface area contributed by atoms with Gasteiger partial charge in [-0.05, 0) is 11.8 Å². The van der Waals surface area contributed by atoms with Gasteiger partial charge in [-0.1, -0.05) is 18.7 Å². The Hall–Kier alpha value is -2.89. The summed E-state index contributed by atoms with van der Waals surface area (Å²) in [6.45, 7) is -1.67. The number of aromatic nitrogens is 6. The first-order chi connectivity index (χ1) is 14.1. The maximum Gasteiger partial charge on any atom is 0.354 e. The molecule has 148 valence electrons. The maximum atomic E-state index is 14.1. The highest BCUT2D eigenvalue weighted by Crippen LogP contribution is 2.17. The molecule has 0 bridgehead atoms. The van der Waals surface area contributed by atoms with Crippen LogP contribution in [0.5, 0.6) is 0 Å². The van der Waals surface area contributed by atoms with Gasteiger partial charge in [-0.25, -0.2) is 32.3 Å². The summed E-state index contributed by atoms with van der Waals surface area (Å²) in [5, 5.41) is 3.66. The minimum atomic E-state index is -2.77. The van der Waals surface area contributed by atoms with Crippen molar-refractivity contribution in [2.45, 2.75) is 25.1 Å². The third-order valence-electron chi connectivity index (χ3n) is 3.54. The van der Waals surface area contributed by atoms with E-state index in [4.69, 9.17) is 2.74 Å². The van der Waals surface area contributed by atoms with E-state index in [2.05, 4.69) is 15.1 Å². The number of benzene rings is 1. The van der Waals surface area contributed by atoms with Crippen molar-refractivity contribution in [1.29, 1.82) is 0 Å². The fourth-order valence-corrected chi connectivity index (χ4v) is 2.99. The van der Waals surface area contributed by atoms with Crippen LogP contribution in [-0.2, 0) is 20.1 Å². The van der Waals surface area contributed by atoms with Crippen LogP contribution in [-0.4, -0.2) is 34.6 Å². The molecule has 0 atom stereocenters. The van der Waals surface area contributed by atoms with Crippen molar-refractivity contribution >= 4 is 11.8 Å². The number of rotatable bonds is 6. The molecular formula is C16H15F3N6O2S. The summed E-state index contributed by atoms with van der Waals surface area (Å²) >= 11 is 0.972. The Balaban J connectivity index is 2.22. The van der Waals surface area contributed by atoms with Crippen molar-refractivity contribution in [1.82, 2.24) is 28.9 Å². The summed E-state index contributed by atoms with van der Waals surface area (Å²) < 4.78 is 59.5. The summed E-state index contributed by atoms with van der Waals surface area (Å²) in [7, 11) is 1.47. The summed E-state index contributed by atoms with van der Waals surface area (Å²) in [4.78, 5) is 33.0. The lowest BCUT2D eigenvalue weighted by Crippen LogP contribution is -2.43. The fourth-order valence-electron chi connectivity index (χ4n) is 2.29. The van der Waals surface area contributed by atoms with Gasteiger partial charge >= 0.3 is 11.4 Å². The van der Waals surface area contributed by atoms with E-state index >= 15 is 0 Å². The first-order valence-electron chi connectivity index (χ1n) is 8.93. The van der Waals surface area contributed by atoms with Gasteiger partial charge in [0.1, 0.15) is 12.1 Å². The average molecular weight is 414 g/mol. The minimum absolute atomic E-state index is 0.127. The lowest BCUT2D eigenvalue weighted by Gasteiger charge is -2.13. The zero-order chi connectivity index (χ0) is 22.2. The Morgan fingerprint density at radius 2 is 1.86 bits per heavy atom. The van der Waals surface area contributed by atoms with Crippen LogP contribution in [0.2, 0.25) is 0 Å². The smallest absolute Gasteiger partial charge is 0.268 e. The topological polar surface area (TPSA) is 87.6 Å². The van der Waals surface area contributed by atoms with Crippen molar-refractivity contribution < 1.29 is 15.9 Å². The molecule has 3 rings (SSSR count). The molecule has 0 aliphatic rings. The molecule has 0 spiro atoms. The first kappa shape index (κ1) is 17.2. The van der Waals surface area contributed by atoms with Crippen LogP contribution in [0.15, 0.2) is 33.2 Å². The van der Waals surface area contributed by atoms with Crippen LogP contribution in [0.3, 0.4) is 0 Å². The van der Waals surface area contributed by atoms with Gasteiger partial charge < -0.3 is 0 Å². The van der Waals surface area contributed by atoms with Gasteiger partial charge in [0.2, 0.25) is 0 Å². The molecule has 0 N–H and O–H groups in total. The molecule has 0 aliphatic carbocycles. The first-order valence-corrected chi connectivity index (χ1v) is 8.91. The van der Waals surface area contributed by atoms with Crippen LogP contribution in [0, 0.1) is 17.5 Å². The molecule has 1 aromatic carbocycles. The highest BCUT2D eigenvalue weighted by molar-refractivity contribution is 7.99. The molecule has 8 nitrogen and oxygen atoms in total. The largest absolute Gasteiger partial charge is 0.354 e. The monoisotopic (exact) mass is 414 g/mol. The molecule has 12 heteroatoms. The molecule has 0 unspecified atom stereocenters. The van der Waals surface area contributed by atoms with Crippen molar-refractivity contribution in [3.63, 3.8) is 0 Å². The van der Waals surface area contributed by atoms with E-state index in [1.54, 1.807) is 6.92 Å². The molecule has 2 heterocycles. The molecule has 0 fully saturated rings. The van der Waals surface area contributed by atoms with Gasteiger partial charge in [0.15, 0.2) is 22.6 Å². The van der Waals surface area contributed by atoms with E-state index in [0.717, 1.165) is 16.3 Å². The predicted molar refractivity (Wildman–Crippen MR) is 94.7 cm³/mol. The molecule has 0 aliphatic heterocycles. The number of thioether (sulfide) groups is 1. The molecule has 2 aromatic heterocycles. The Morgan fingerprint density at radius 1 is 1.14 bits per heavy atom. The van der Waals surface area contributed by atoms with Crippen LogP contribution in [0.25, 0.3) is 0 Å². The van der Waals surface area contributed by atoms with Gasteiger partial charge in [-0.2, -0.15) is 10.1 Å². The van der Waals surface area contributed by atoms with Gasteiger partial charge in [-0.15, -0.1) is 0 Å². The highest BCUT2D eigenvalue weighted by Gasteiger charge is 2.18. The van der Waals surface area contributed by atoms with Crippen molar-refractivity contribution in [3.05, 3.63) is 68.3 Å². The summed E-state index contributed by atoms with van der Waals surface area (Å²) in [5.41, 5.74) is -2.75. The summed E-state index contributed by atoms with van der Waals surface area (Å²) in [5.74, 6) is -3.91. The van der Waals surface area contributed by atoms with Gasteiger partial charge in [0.25, 0.3) is 0 Å². The number of aryl methyl sites for hydroxylation is 1. The molecule has 0 saturated heterocycles. The van der Waals surface area contributed by atoms with E-state index in [9.17, 15) is 22.8 Å². The molecule has 0 radical (unpaired) electrons. The van der Waals surface area contributed by atoms with Gasteiger partial charge in [-0.3, -0.25) is 9.25 Å². The van der Waals surface area contributed by atoms with Crippen molar-refractivity contribution in [2.75, 3.05) is 5.75 Å². The Bertz CT molecular complexity index is 1230. The standard InChI is InChI=1S/C16H15F3N6O2S/c1-3-28-15-21-14(26)24(7-13-20-8-23(2)22-13)16(27)25(15)6-9-4-11(18)12(19)5-10(9)17/h4-5,8H,3,6-7H2,1-2H3/i7D2. The number of hydrogen-bond acceptors (Lipinski definition) is 6. The Kier molecular flexibility index (Phi) is 4.92. The van der Waals surface area contributed by atoms with Gasteiger partial charge in [0.05, 0.1) is 15.8 Å². The Morgan fingerprint density at radius 3 is 2.50 bits per heavy atom. The second kappa shape index (κ2) is 8.00. The molecule has 0 saturated carbocycles.